The summed E-state index contributed by atoms with van der Waals surface area (Å²) < 4.78 is 4.49. The molecule has 0 aliphatic carbocycles. The molecule has 0 atom stereocenters. The van der Waals surface area contributed by atoms with Gasteiger partial charge in [-0.1, -0.05) is 43.8 Å². The van der Waals surface area contributed by atoms with Crippen LogP contribution in [-0.2, 0) is 14.3 Å². The van der Waals surface area contributed by atoms with Crippen LogP contribution in [0.25, 0.3) is 0 Å². The lowest BCUT2D eigenvalue weighted by atomic mass is 9.94. The van der Waals surface area contributed by atoms with Gasteiger partial charge in [-0.15, -0.1) is 0 Å². The van der Waals surface area contributed by atoms with E-state index in [2.05, 4.69) is 17.9 Å². The zero-order valence-electron chi connectivity index (χ0n) is 11.8. The Morgan fingerprint density at radius 1 is 1.00 bits per heavy atom. The lowest BCUT2D eigenvalue weighted by molar-refractivity contribution is -0.148. The fraction of sp³-hybridized carbons (Fsp3) is 0.571. The molecule has 0 bridgehead atoms. The van der Waals surface area contributed by atoms with Crippen molar-refractivity contribution in [1.82, 2.24) is 0 Å². The Bertz CT molecular complexity index is 369. The van der Waals surface area contributed by atoms with Gasteiger partial charge in [0.1, 0.15) is 0 Å². The molecular weight excluding hydrogens is 303 g/mol. The van der Waals surface area contributed by atoms with Crippen molar-refractivity contribution in [2.75, 3.05) is 7.11 Å². The molecule has 118 valence electrons. The number of aliphatic carboxylic acids is 1. The number of hydrogen-bond donors (Lipinski definition) is 1. The average Bonchev–Trinajstić information content (AvgIpc) is 2.27. The number of esters is 1. The standard InChI is InChI=1S/C7H11ClO2.C6H9ClO2.CH4/c1-5(8)7(2,3)6(9)10-4;1-4(7)6(2,3)5(8)9;/h1H2,2-4H3;1H2,2-3H3,(H,8,9);1H4. The summed E-state index contributed by atoms with van der Waals surface area (Å²) in [5.41, 5.74) is -1.79. The summed E-state index contributed by atoms with van der Waals surface area (Å²) in [5, 5.41) is 8.91. The predicted octanol–water partition coefficient (Wildman–Crippen LogP) is 4.42. The lowest BCUT2D eigenvalue weighted by Crippen LogP contribution is -2.25. The molecule has 6 heteroatoms. The molecule has 4 nitrogen and oxygen atoms in total. The highest BCUT2D eigenvalue weighted by molar-refractivity contribution is 6.31. The van der Waals surface area contributed by atoms with Crippen molar-refractivity contribution in [3.05, 3.63) is 23.2 Å². The van der Waals surface area contributed by atoms with Crippen LogP contribution in [0.2, 0.25) is 0 Å². The number of carbonyl (C=O) groups excluding carboxylic acids is 1. The van der Waals surface area contributed by atoms with E-state index in [0.29, 0.717) is 5.03 Å². The van der Waals surface area contributed by atoms with E-state index < -0.39 is 16.8 Å². The Balaban J connectivity index is -0.000000277. The number of hydrogen-bond acceptors (Lipinski definition) is 3. The van der Waals surface area contributed by atoms with Crippen molar-refractivity contribution in [2.45, 2.75) is 35.1 Å². The second-order valence-corrected chi connectivity index (χ2v) is 5.77. The van der Waals surface area contributed by atoms with Crippen LogP contribution in [0.3, 0.4) is 0 Å². The monoisotopic (exact) mass is 326 g/mol. The van der Waals surface area contributed by atoms with Gasteiger partial charge < -0.3 is 9.84 Å². The van der Waals surface area contributed by atoms with Crippen LogP contribution in [0.1, 0.15) is 35.1 Å². The van der Waals surface area contributed by atoms with Gasteiger partial charge in [0.15, 0.2) is 0 Å². The SMILES string of the molecule is C.C=C(Cl)C(C)(C)C(=O)O.C=C(Cl)C(C)(C)C(=O)OC. The number of carboxylic acids is 1. The van der Waals surface area contributed by atoms with Gasteiger partial charge in [-0.05, 0) is 27.7 Å². The first-order valence-electron chi connectivity index (χ1n) is 5.33. The van der Waals surface area contributed by atoms with Crippen LogP contribution in [0.15, 0.2) is 23.2 Å². The normalized spacial score (nSPS) is 10.3. The van der Waals surface area contributed by atoms with Gasteiger partial charge in [0.2, 0.25) is 0 Å². The van der Waals surface area contributed by atoms with E-state index in [1.54, 1.807) is 13.8 Å². The molecule has 0 unspecified atom stereocenters. The van der Waals surface area contributed by atoms with Crippen molar-refractivity contribution in [3.8, 4) is 0 Å². The predicted molar refractivity (Wildman–Crippen MR) is 83.9 cm³/mol. The van der Waals surface area contributed by atoms with E-state index in [-0.39, 0.29) is 18.4 Å². The molecule has 0 saturated carbocycles. The summed E-state index contributed by atoms with van der Waals surface area (Å²) in [6.07, 6.45) is 0. The van der Waals surface area contributed by atoms with E-state index in [1.807, 2.05) is 0 Å². The van der Waals surface area contributed by atoms with Gasteiger partial charge >= 0.3 is 11.9 Å². The summed E-state index contributed by atoms with van der Waals surface area (Å²) in [6, 6.07) is 0. The molecule has 0 spiro atoms. The second-order valence-electron chi connectivity index (χ2n) is 4.86. The number of carboxylic acid groups (broad SMARTS) is 1. The van der Waals surface area contributed by atoms with Crippen LogP contribution >= 0.6 is 23.2 Å². The summed E-state index contributed by atoms with van der Waals surface area (Å²) in [7, 11) is 1.32. The molecule has 0 rings (SSSR count). The van der Waals surface area contributed by atoms with E-state index in [9.17, 15) is 9.59 Å². The second kappa shape index (κ2) is 9.03. The molecule has 0 aromatic rings. The van der Waals surface area contributed by atoms with Gasteiger partial charge in [0.25, 0.3) is 0 Å². The number of ether oxygens (including phenoxy) is 1. The zero-order valence-corrected chi connectivity index (χ0v) is 13.4. The Kier molecular flexibility index (Phi) is 10.9. The molecule has 0 saturated heterocycles. The molecule has 0 aromatic heterocycles. The largest absolute Gasteiger partial charge is 0.481 e. The summed E-state index contributed by atoms with van der Waals surface area (Å²) in [6.45, 7) is 13.1. The third kappa shape index (κ3) is 6.96. The number of rotatable bonds is 4. The fourth-order valence-electron chi connectivity index (χ4n) is 0.482. The van der Waals surface area contributed by atoms with Gasteiger partial charge in [0.05, 0.1) is 17.9 Å². The summed E-state index contributed by atoms with van der Waals surface area (Å²) in [4.78, 5) is 21.2. The van der Waals surface area contributed by atoms with E-state index in [1.165, 1.54) is 21.0 Å². The van der Waals surface area contributed by atoms with Gasteiger partial charge in [0, 0.05) is 10.1 Å². The van der Waals surface area contributed by atoms with Crippen LogP contribution in [0.5, 0.6) is 0 Å². The number of halogens is 2. The van der Waals surface area contributed by atoms with E-state index in [0.717, 1.165) is 0 Å². The molecule has 0 amide bonds. The van der Waals surface area contributed by atoms with Gasteiger partial charge in [-0.3, -0.25) is 9.59 Å². The third-order valence-corrected chi connectivity index (χ3v) is 3.53. The molecule has 0 radical (unpaired) electrons. The molecule has 0 aliphatic rings. The molecule has 0 fully saturated rings. The molecular formula is C14H24Cl2O4. The van der Waals surface area contributed by atoms with Crippen molar-refractivity contribution in [1.29, 1.82) is 0 Å². The Morgan fingerprint density at radius 3 is 1.35 bits per heavy atom. The highest BCUT2D eigenvalue weighted by Crippen LogP contribution is 2.29. The zero-order chi connectivity index (χ0) is 16.0. The minimum Gasteiger partial charge on any atom is -0.481 e. The van der Waals surface area contributed by atoms with Crippen LogP contribution in [-0.4, -0.2) is 24.2 Å². The van der Waals surface area contributed by atoms with Crippen LogP contribution in [0, 0.1) is 10.8 Å². The molecule has 0 heterocycles. The van der Waals surface area contributed by atoms with Crippen LogP contribution < -0.4 is 0 Å². The molecule has 0 aliphatic heterocycles. The van der Waals surface area contributed by atoms with Gasteiger partial charge in [-0.2, -0.15) is 0 Å². The minimum atomic E-state index is -1.01. The van der Waals surface area contributed by atoms with E-state index >= 15 is 0 Å². The summed E-state index contributed by atoms with van der Waals surface area (Å²) >= 11 is 10.9. The average molecular weight is 327 g/mol. The van der Waals surface area contributed by atoms with Gasteiger partial charge in [-0.25, -0.2) is 0 Å². The number of carbonyl (C=O) groups is 2. The minimum absolute atomic E-state index is 0. The Labute approximate surface area is 131 Å². The number of methoxy groups -OCH3 is 1. The molecule has 1 N–H and O–H groups in total. The van der Waals surface area contributed by atoms with E-state index in [4.69, 9.17) is 28.3 Å². The van der Waals surface area contributed by atoms with Crippen molar-refractivity contribution < 1.29 is 19.4 Å². The molecule has 20 heavy (non-hydrogen) atoms. The maximum absolute atomic E-state index is 10.9. The van der Waals surface area contributed by atoms with Crippen LogP contribution in [0.4, 0.5) is 0 Å². The highest BCUT2D eigenvalue weighted by Gasteiger charge is 2.31. The summed E-state index contributed by atoms with van der Waals surface area (Å²) in [5.74, 6) is -1.32. The first-order valence-corrected chi connectivity index (χ1v) is 6.09. The topological polar surface area (TPSA) is 63.6 Å². The maximum atomic E-state index is 10.9. The lowest BCUT2D eigenvalue weighted by Gasteiger charge is -2.19. The van der Waals surface area contributed by atoms with Crippen molar-refractivity contribution in [3.63, 3.8) is 0 Å². The first-order chi connectivity index (χ1) is 8.31. The quantitative estimate of drug-likeness (QED) is 0.776. The Morgan fingerprint density at radius 2 is 1.30 bits per heavy atom. The first kappa shape index (κ1) is 24.0. The van der Waals surface area contributed by atoms with Crippen molar-refractivity contribution in [2.24, 2.45) is 10.8 Å². The third-order valence-electron chi connectivity index (χ3n) is 2.59. The highest BCUT2D eigenvalue weighted by atomic mass is 35.5. The maximum Gasteiger partial charge on any atom is 0.316 e. The fourth-order valence-corrected chi connectivity index (χ4v) is 0.640. The van der Waals surface area contributed by atoms with Crippen molar-refractivity contribution >= 4 is 35.1 Å². The Hall–Kier alpha value is -1.00. The smallest absolute Gasteiger partial charge is 0.316 e. The molecule has 0 aromatic carbocycles.